The van der Waals surface area contributed by atoms with E-state index in [4.69, 9.17) is 9.26 Å². The van der Waals surface area contributed by atoms with Crippen molar-refractivity contribution in [2.45, 2.75) is 26.5 Å². The lowest BCUT2D eigenvalue weighted by molar-refractivity contribution is 0.155. The van der Waals surface area contributed by atoms with Gasteiger partial charge >= 0.3 is 6.09 Å². The summed E-state index contributed by atoms with van der Waals surface area (Å²) in [4.78, 5) is 16.2. The molecule has 5 aromatic rings. The van der Waals surface area contributed by atoms with Crippen LogP contribution in [0.25, 0.3) is 22.2 Å². The van der Waals surface area contributed by atoms with Crippen LogP contribution in [0.2, 0.25) is 0 Å². The van der Waals surface area contributed by atoms with Crippen molar-refractivity contribution in [2.75, 3.05) is 5.32 Å². The molecule has 0 aliphatic carbocycles. The van der Waals surface area contributed by atoms with Gasteiger partial charge in [-0.15, -0.1) is 5.10 Å². The number of carbonyl (C=O) groups excluding carboxylic acids is 1. The zero-order valence-corrected chi connectivity index (χ0v) is 18.8. The van der Waals surface area contributed by atoms with Crippen LogP contribution in [0.4, 0.5) is 10.5 Å². The average molecular weight is 457 g/mol. The summed E-state index contributed by atoms with van der Waals surface area (Å²) in [5, 5.41) is 15.1. The molecule has 10 nitrogen and oxygen atoms in total. The van der Waals surface area contributed by atoms with Gasteiger partial charge in [0.05, 0.1) is 17.7 Å². The summed E-state index contributed by atoms with van der Waals surface area (Å²) in [7, 11) is 1.89. The van der Waals surface area contributed by atoms with Crippen LogP contribution in [0.15, 0.2) is 65.4 Å². The quantitative estimate of drug-likeness (QED) is 0.391. The Hall–Kier alpha value is -4.47. The van der Waals surface area contributed by atoms with E-state index < -0.39 is 6.09 Å². The lowest BCUT2D eigenvalue weighted by atomic mass is 10.0. The second-order valence-electron chi connectivity index (χ2n) is 7.96. The van der Waals surface area contributed by atoms with Crippen LogP contribution in [0.5, 0.6) is 0 Å². The number of nitrogens with zero attached hydrogens (tertiary/aromatic N) is 6. The maximum absolute atomic E-state index is 12.0. The van der Waals surface area contributed by atoms with E-state index in [1.165, 1.54) is 0 Å². The molecule has 0 aliphatic rings. The van der Waals surface area contributed by atoms with Crippen molar-refractivity contribution in [3.63, 3.8) is 0 Å². The fraction of sp³-hybridized carbons (Fsp3) is 0.208. The zero-order chi connectivity index (χ0) is 23.5. The van der Waals surface area contributed by atoms with E-state index in [0.29, 0.717) is 30.4 Å². The monoisotopic (exact) mass is 457 g/mol. The fourth-order valence-corrected chi connectivity index (χ4v) is 3.63. The summed E-state index contributed by atoms with van der Waals surface area (Å²) in [5.41, 5.74) is 5.43. The Morgan fingerprint density at radius 2 is 1.94 bits per heavy atom. The van der Waals surface area contributed by atoms with Gasteiger partial charge in [-0.2, -0.15) is 4.98 Å². The van der Waals surface area contributed by atoms with Crippen LogP contribution in [0, 0.1) is 6.92 Å². The number of nitrogens with one attached hydrogen (secondary N) is 1. The number of fused-ring (bicyclic) bond motifs is 1. The van der Waals surface area contributed by atoms with E-state index in [-0.39, 0.29) is 6.61 Å². The Labute approximate surface area is 195 Å². The minimum Gasteiger partial charge on any atom is -0.444 e. The number of rotatable bonds is 7. The molecule has 2 aromatic carbocycles. The van der Waals surface area contributed by atoms with Gasteiger partial charge in [0.1, 0.15) is 12.1 Å². The molecule has 3 heterocycles. The van der Waals surface area contributed by atoms with Gasteiger partial charge in [-0.25, -0.2) is 9.48 Å². The molecule has 1 N–H and O–H groups in total. The predicted molar refractivity (Wildman–Crippen MR) is 125 cm³/mol. The molecule has 0 atom stereocenters. The summed E-state index contributed by atoms with van der Waals surface area (Å²) in [6.07, 6.45) is 3.77. The highest BCUT2D eigenvalue weighted by Crippen LogP contribution is 2.24. The normalized spacial score (nSPS) is 11.1. The lowest BCUT2D eigenvalue weighted by Crippen LogP contribution is -2.13. The zero-order valence-electron chi connectivity index (χ0n) is 18.8. The Morgan fingerprint density at radius 1 is 1.12 bits per heavy atom. The van der Waals surface area contributed by atoms with Crippen LogP contribution in [-0.4, -0.2) is 35.8 Å². The summed E-state index contributed by atoms with van der Waals surface area (Å²) >= 11 is 0. The smallest absolute Gasteiger partial charge is 0.412 e. The number of ether oxygens (including phenoxy) is 1. The van der Waals surface area contributed by atoms with Crippen LogP contribution in [0.1, 0.15) is 17.3 Å². The molecule has 172 valence electrons. The van der Waals surface area contributed by atoms with Crippen molar-refractivity contribution in [2.24, 2.45) is 7.05 Å². The van der Waals surface area contributed by atoms with Crippen molar-refractivity contribution < 1.29 is 14.1 Å². The van der Waals surface area contributed by atoms with Crippen molar-refractivity contribution in [3.05, 3.63) is 78.2 Å². The molecule has 0 unspecified atom stereocenters. The molecule has 1 amide bonds. The maximum Gasteiger partial charge on any atom is 0.412 e. The van der Waals surface area contributed by atoms with Gasteiger partial charge in [0.15, 0.2) is 5.82 Å². The Morgan fingerprint density at radius 3 is 2.68 bits per heavy atom. The number of hydrogen-bond donors (Lipinski definition) is 1. The van der Waals surface area contributed by atoms with Gasteiger partial charge in [-0.3, -0.25) is 5.32 Å². The number of aryl methyl sites for hydroxylation is 4. The molecule has 0 saturated carbocycles. The second-order valence-corrected chi connectivity index (χ2v) is 7.96. The number of hydrogen-bond acceptors (Lipinski definition) is 7. The van der Waals surface area contributed by atoms with E-state index in [2.05, 4.69) is 31.8 Å². The highest BCUT2D eigenvalue weighted by molar-refractivity contribution is 5.84. The number of carbonyl (C=O) groups is 1. The highest BCUT2D eigenvalue weighted by atomic mass is 16.5. The second kappa shape index (κ2) is 9.18. The van der Waals surface area contributed by atoms with Crippen LogP contribution < -0.4 is 5.32 Å². The standard InChI is InChI=1S/C24H23N7O3/c1-16-25-23(28-34-16)10-12-31-22-13-19(7-8-21(22)27-29-31)18-5-3-17(4-6-18)15-33-24(32)26-20-9-11-30(2)14-20/h3-9,11,13-14H,10,12,15H2,1-2H3,(H,26,32). The third-order valence-electron chi connectivity index (χ3n) is 5.37. The molecular formula is C24H23N7O3. The minimum absolute atomic E-state index is 0.185. The van der Waals surface area contributed by atoms with Crippen molar-refractivity contribution in [3.8, 4) is 11.1 Å². The van der Waals surface area contributed by atoms with Crippen molar-refractivity contribution in [1.82, 2.24) is 29.7 Å². The summed E-state index contributed by atoms with van der Waals surface area (Å²) in [6, 6.07) is 15.7. The van der Waals surface area contributed by atoms with E-state index in [1.54, 1.807) is 19.2 Å². The molecule has 0 aliphatic heterocycles. The first-order valence-corrected chi connectivity index (χ1v) is 10.8. The first-order valence-electron chi connectivity index (χ1n) is 10.8. The SMILES string of the molecule is Cc1nc(CCn2nnc3ccc(-c4ccc(COC(=O)Nc5ccn(C)c5)cc4)cc32)no1. The molecule has 0 fully saturated rings. The van der Waals surface area contributed by atoms with Crippen LogP contribution >= 0.6 is 0 Å². The van der Waals surface area contributed by atoms with Crippen LogP contribution in [0.3, 0.4) is 0 Å². The van der Waals surface area contributed by atoms with Crippen molar-refractivity contribution >= 4 is 22.8 Å². The number of amides is 1. The molecular weight excluding hydrogens is 434 g/mol. The van der Waals surface area contributed by atoms with Gasteiger partial charge in [0, 0.05) is 32.8 Å². The molecule has 3 aromatic heterocycles. The Bertz CT molecular complexity index is 1430. The molecule has 10 heteroatoms. The largest absolute Gasteiger partial charge is 0.444 e. The van der Waals surface area contributed by atoms with Gasteiger partial charge in [0.25, 0.3) is 0 Å². The molecule has 5 rings (SSSR count). The number of anilines is 1. The molecule has 0 saturated heterocycles. The van der Waals surface area contributed by atoms with Crippen molar-refractivity contribution in [1.29, 1.82) is 0 Å². The van der Waals surface area contributed by atoms with Gasteiger partial charge in [0.2, 0.25) is 5.89 Å². The molecule has 0 spiro atoms. The van der Waals surface area contributed by atoms with E-state index in [1.807, 2.05) is 58.9 Å². The summed E-state index contributed by atoms with van der Waals surface area (Å²) in [6.45, 7) is 2.55. The van der Waals surface area contributed by atoms with E-state index in [0.717, 1.165) is 27.7 Å². The summed E-state index contributed by atoms with van der Waals surface area (Å²) < 4.78 is 14.0. The van der Waals surface area contributed by atoms with Gasteiger partial charge in [-0.1, -0.05) is 40.7 Å². The lowest BCUT2D eigenvalue weighted by Gasteiger charge is -2.08. The van der Waals surface area contributed by atoms with E-state index in [9.17, 15) is 4.79 Å². The number of aromatic nitrogens is 6. The molecule has 0 bridgehead atoms. The number of benzene rings is 2. The summed E-state index contributed by atoms with van der Waals surface area (Å²) in [5.74, 6) is 1.19. The third kappa shape index (κ3) is 4.80. The predicted octanol–water partition coefficient (Wildman–Crippen LogP) is 4.12. The first-order chi connectivity index (χ1) is 16.5. The average Bonchev–Trinajstić information content (AvgIpc) is 3.56. The molecule has 34 heavy (non-hydrogen) atoms. The maximum atomic E-state index is 12.0. The minimum atomic E-state index is -0.488. The first kappa shape index (κ1) is 21.4. The van der Waals surface area contributed by atoms with Gasteiger partial charge < -0.3 is 13.8 Å². The van der Waals surface area contributed by atoms with Crippen LogP contribution in [-0.2, 0) is 31.4 Å². The topological polar surface area (TPSA) is 113 Å². The molecule has 0 radical (unpaired) electrons. The Kier molecular flexibility index (Phi) is 5.77. The highest BCUT2D eigenvalue weighted by Gasteiger charge is 2.10. The Balaban J connectivity index is 1.23. The van der Waals surface area contributed by atoms with Gasteiger partial charge in [-0.05, 0) is 34.9 Å². The van der Waals surface area contributed by atoms with E-state index >= 15 is 0 Å². The fourth-order valence-electron chi connectivity index (χ4n) is 3.63. The third-order valence-corrected chi connectivity index (χ3v) is 5.37.